The number of nitrogens with one attached hydrogen (secondary N) is 1. The van der Waals surface area contributed by atoms with E-state index in [0.29, 0.717) is 44.6 Å². The molecule has 6 nitrogen and oxygen atoms in total. The van der Waals surface area contributed by atoms with Crippen LogP contribution in [-0.4, -0.2) is 27.5 Å². The van der Waals surface area contributed by atoms with Crippen molar-refractivity contribution in [1.82, 2.24) is 5.43 Å². The van der Waals surface area contributed by atoms with E-state index in [2.05, 4.69) is 10.5 Å². The van der Waals surface area contributed by atoms with Gasteiger partial charge in [-0.05, 0) is 53.1 Å². The minimum atomic E-state index is 0.257. The van der Waals surface area contributed by atoms with Crippen LogP contribution in [0.25, 0.3) is 0 Å². The summed E-state index contributed by atoms with van der Waals surface area (Å²) >= 11 is 18.5. The molecular formula is C24H23Cl3N2O4. The van der Waals surface area contributed by atoms with Gasteiger partial charge >= 0.3 is 0 Å². The highest BCUT2D eigenvalue weighted by molar-refractivity contribution is 6.42. The van der Waals surface area contributed by atoms with E-state index < -0.39 is 0 Å². The van der Waals surface area contributed by atoms with E-state index in [1.54, 1.807) is 51.8 Å². The number of ether oxygens (including phenoxy) is 4. The summed E-state index contributed by atoms with van der Waals surface area (Å²) in [7, 11) is 4.75. The molecule has 3 aromatic rings. The van der Waals surface area contributed by atoms with E-state index in [9.17, 15) is 0 Å². The van der Waals surface area contributed by atoms with Gasteiger partial charge in [-0.15, -0.1) is 0 Å². The Bertz CT molecular complexity index is 1140. The molecule has 3 rings (SSSR count). The second-order valence-corrected chi connectivity index (χ2v) is 8.08. The van der Waals surface area contributed by atoms with Crippen LogP contribution in [0.5, 0.6) is 23.0 Å². The Morgan fingerprint density at radius 2 is 1.48 bits per heavy atom. The van der Waals surface area contributed by atoms with Crippen LogP contribution < -0.4 is 24.4 Å². The smallest absolute Gasteiger partial charge is 0.180 e. The fourth-order valence-corrected chi connectivity index (χ4v) is 3.58. The van der Waals surface area contributed by atoms with E-state index in [1.165, 1.54) is 0 Å². The van der Waals surface area contributed by atoms with Gasteiger partial charge in [-0.3, -0.25) is 0 Å². The molecule has 0 aliphatic rings. The first-order chi connectivity index (χ1) is 15.9. The summed E-state index contributed by atoms with van der Waals surface area (Å²) in [6, 6.07) is 14.5. The van der Waals surface area contributed by atoms with Crippen LogP contribution in [0.3, 0.4) is 0 Å². The lowest BCUT2D eigenvalue weighted by molar-refractivity contribution is 0.284. The number of nitrogens with zero attached hydrogens (tertiary/aromatic N) is 1. The van der Waals surface area contributed by atoms with Crippen molar-refractivity contribution in [3.05, 3.63) is 80.3 Å². The fraction of sp³-hybridized carbons (Fsp3) is 0.208. The third-order valence-electron chi connectivity index (χ3n) is 4.65. The molecule has 0 saturated carbocycles. The Balaban J connectivity index is 1.65. The highest BCUT2D eigenvalue weighted by Crippen LogP contribution is 2.37. The molecule has 0 fully saturated rings. The number of hydrogen-bond acceptors (Lipinski definition) is 6. The van der Waals surface area contributed by atoms with Gasteiger partial charge in [0.25, 0.3) is 0 Å². The minimum absolute atomic E-state index is 0.257. The molecule has 0 radical (unpaired) electrons. The Morgan fingerprint density at radius 3 is 2.18 bits per heavy atom. The maximum absolute atomic E-state index is 6.45. The predicted octanol–water partition coefficient (Wildman–Crippen LogP) is 6.38. The van der Waals surface area contributed by atoms with Crippen molar-refractivity contribution in [3.63, 3.8) is 0 Å². The van der Waals surface area contributed by atoms with Gasteiger partial charge in [0.1, 0.15) is 6.61 Å². The zero-order chi connectivity index (χ0) is 23.8. The molecular weight excluding hydrogens is 487 g/mol. The van der Waals surface area contributed by atoms with Gasteiger partial charge < -0.3 is 24.4 Å². The van der Waals surface area contributed by atoms with Crippen molar-refractivity contribution in [3.8, 4) is 23.0 Å². The zero-order valence-electron chi connectivity index (χ0n) is 18.3. The van der Waals surface area contributed by atoms with Gasteiger partial charge in [-0.1, -0.05) is 46.9 Å². The average molecular weight is 510 g/mol. The lowest BCUT2D eigenvalue weighted by Gasteiger charge is -2.13. The molecule has 0 unspecified atom stereocenters. The largest absolute Gasteiger partial charge is 0.493 e. The van der Waals surface area contributed by atoms with Crippen molar-refractivity contribution < 1.29 is 18.9 Å². The molecule has 33 heavy (non-hydrogen) atoms. The number of rotatable bonds is 10. The van der Waals surface area contributed by atoms with Crippen molar-refractivity contribution in [1.29, 1.82) is 0 Å². The number of hydrazone groups is 1. The molecule has 0 aliphatic heterocycles. The molecule has 0 saturated heterocycles. The number of hydrogen-bond donors (Lipinski definition) is 1. The number of halogens is 3. The van der Waals surface area contributed by atoms with Gasteiger partial charge in [0.05, 0.1) is 49.2 Å². The lowest BCUT2D eigenvalue weighted by atomic mass is 10.2. The molecule has 0 spiro atoms. The molecule has 0 aliphatic carbocycles. The Kier molecular flexibility index (Phi) is 8.95. The number of methoxy groups -OCH3 is 3. The molecule has 3 aromatic carbocycles. The predicted molar refractivity (Wildman–Crippen MR) is 133 cm³/mol. The van der Waals surface area contributed by atoms with Crippen LogP contribution in [0.4, 0.5) is 0 Å². The van der Waals surface area contributed by atoms with Crippen LogP contribution in [-0.2, 0) is 13.2 Å². The summed E-state index contributed by atoms with van der Waals surface area (Å²) in [5.41, 5.74) is 5.60. The Labute approximate surface area is 208 Å². The van der Waals surface area contributed by atoms with Crippen molar-refractivity contribution in [2.45, 2.75) is 13.2 Å². The molecule has 1 N–H and O–H groups in total. The SMILES string of the molecule is COc1ccc(CN/N=C/c2cc(Cl)c(OCc3ccc(Cl)c(Cl)c3)c(OC)c2)cc1OC. The first-order valence-corrected chi connectivity index (χ1v) is 11.0. The highest BCUT2D eigenvalue weighted by atomic mass is 35.5. The van der Waals surface area contributed by atoms with E-state index in [0.717, 1.165) is 16.7 Å². The van der Waals surface area contributed by atoms with Crippen LogP contribution in [0.2, 0.25) is 15.1 Å². The monoisotopic (exact) mass is 508 g/mol. The molecule has 0 heterocycles. The van der Waals surface area contributed by atoms with Gasteiger partial charge in [0.2, 0.25) is 0 Å². The molecule has 0 amide bonds. The molecule has 0 aromatic heterocycles. The first-order valence-electron chi connectivity index (χ1n) is 9.86. The summed E-state index contributed by atoms with van der Waals surface area (Å²) in [4.78, 5) is 0. The van der Waals surface area contributed by atoms with Crippen LogP contribution in [0, 0.1) is 0 Å². The Hall–Kier alpha value is -2.80. The average Bonchev–Trinajstić information content (AvgIpc) is 2.82. The molecule has 9 heteroatoms. The van der Waals surface area contributed by atoms with Gasteiger partial charge in [0, 0.05) is 0 Å². The second-order valence-electron chi connectivity index (χ2n) is 6.85. The summed E-state index contributed by atoms with van der Waals surface area (Å²) in [6.45, 7) is 0.764. The summed E-state index contributed by atoms with van der Waals surface area (Å²) in [5.74, 6) is 2.26. The summed E-state index contributed by atoms with van der Waals surface area (Å²) in [5, 5.41) is 5.61. The van der Waals surface area contributed by atoms with Crippen LogP contribution >= 0.6 is 34.8 Å². The van der Waals surface area contributed by atoms with Gasteiger partial charge in [0.15, 0.2) is 23.0 Å². The third-order valence-corrected chi connectivity index (χ3v) is 5.67. The molecule has 174 valence electrons. The maximum Gasteiger partial charge on any atom is 0.180 e. The normalized spacial score (nSPS) is 10.8. The van der Waals surface area contributed by atoms with Crippen molar-refractivity contribution in [2.75, 3.05) is 21.3 Å². The van der Waals surface area contributed by atoms with E-state index in [-0.39, 0.29) is 6.61 Å². The van der Waals surface area contributed by atoms with Crippen molar-refractivity contribution >= 4 is 41.0 Å². The maximum atomic E-state index is 6.45. The highest BCUT2D eigenvalue weighted by Gasteiger charge is 2.12. The summed E-state index contributed by atoms with van der Waals surface area (Å²) in [6.07, 6.45) is 1.65. The van der Waals surface area contributed by atoms with Crippen LogP contribution in [0.1, 0.15) is 16.7 Å². The van der Waals surface area contributed by atoms with E-state index >= 15 is 0 Å². The van der Waals surface area contributed by atoms with Crippen molar-refractivity contribution in [2.24, 2.45) is 5.10 Å². The van der Waals surface area contributed by atoms with E-state index in [4.69, 9.17) is 53.8 Å². The Morgan fingerprint density at radius 1 is 0.758 bits per heavy atom. The molecule has 0 bridgehead atoms. The first kappa shape index (κ1) is 24.8. The third kappa shape index (κ3) is 6.60. The fourth-order valence-electron chi connectivity index (χ4n) is 2.99. The molecule has 0 atom stereocenters. The topological polar surface area (TPSA) is 61.3 Å². The standard InChI is InChI=1S/C24H23Cl3N2O4/c1-30-21-7-5-15(10-22(21)31-2)12-28-29-13-17-9-20(27)24(23(11-17)32-3)33-14-16-4-6-18(25)19(26)8-16/h4-11,13,28H,12,14H2,1-3H3/b29-13+. The second kappa shape index (κ2) is 11.9. The van der Waals surface area contributed by atoms with E-state index in [1.807, 2.05) is 24.3 Å². The quantitative estimate of drug-likeness (QED) is 0.254. The minimum Gasteiger partial charge on any atom is -0.493 e. The summed E-state index contributed by atoms with van der Waals surface area (Å²) < 4.78 is 21.9. The van der Waals surface area contributed by atoms with Gasteiger partial charge in [-0.2, -0.15) is 5.10 Å². The van der Waals surface area contributed by atoms with Gasteiger partial charge in [-0.25, -0.2) is 0 Å². The zero-order valence-corrected chi connectivity index (χ0v) is 20.6. The lowest BCUT2D eigenvalue weighted by Crippen LogP contribution is -2.06. The van der Waals surface area contributed by atoms with Crippen LogP contribution in [0.15, 0.2) is 53.6 Å². The number of benzene rings is 3.